The van der Waals surface area contributed by atoms with E-state index in [-0.39, 0.29) is 25.0 Å². The van der Waals surface area contributed by atoms with Gasteiger partial charge >= 0.3 is 5.97 Å². The summed E-state index contributed by atoms with van der Waals surface area (Å²) >= 11 is 0. The van der Waals surface area contributed by atoms with Gasteiger partial charge in [-0.05, 0) is 42.5 Å². The number of esters is 1. The van der Waals surface area contributed by atoms with Crippen molar-refractivity contribution in [2.75, 3.05) is 30.9 Å². The van der Waals surface area contributed by atoms with Crippen molar-refractivity contribution in [3.63, 3.8) is 0 Å². The van der Waals surface area contributed by atoms with Gasteiger partial charge in [0.25, 0.3) is 17.7 Å². The van der Waals surface area contributed by atoms with Gasteiger partial charge in [-0.1, -0.05) is 0 Å². The summed E-state index contributed by atoms with van der Waals surface area (Å²) in [5.74, 6) is -1.18. The van der Waals surface area contributed by atoms with Gasteiger partial charge in [-0.15, -0.1) is 0 Å². The lowest BCUT2D eigenvalue weighted by atomic mass is 10.1. The fourth-order valence-electron chi connectivity index (χ4n) is 2.45. The SMILES string of the molecule is COC(=O)CNC(=O)c1ccc(NC(=O)c2ccc3c(c2)OCC(=O)N3)cc1. The molecule has 1 heterocycles. The number of carbonyl (C=O) groups is 4. The average molecular weight is 383 g/mol. The number of hydrogen-bond donors (Lipinski definition) is 3. The molecule has 0 saturated heterocycles. The third kappa shape index (κ3) is 4.44. The molecular weight excluding hydrogens is 366 g/mol. The van der Waals surface area contributed by atoms with Crippen molar-refractivity contribution in [2.45, 2.75) is 0 Å². The molecule has 0 atom stereocenters. The zero-order chi connectivity index (χ0) is 20.1. The number of benzene rings is 2. The lowest BCUT2D eigenvalue weighted by Gasteiger charge is -2.18. The van der Waals surface area contributed by atoms with Crippen LogP contribution in [0.5, 0.6) is 5.75 Å². The Morgan fingerprint density at radius 2 is 1.79 bits per heavy atom. The number of nitrogens with one attached hydrogen (secondary N) is 3. The Morgan fingerprint density at radius 3 is 2.50 bits per heavy atom. The maximum Gasteiger partial charge on any atom is 0.325 e. The van der Waals surface area contributed by atoms with Crippen LogP contribution in [0.15, 0.2) is 42.5 Å². The first-order valence-electron chi connectivity index (χ1n) is 8.29. The molecule has 3 N–H and O–H groups in total. The predicted molar refractivity (Wildman–Crippen MR) is 99.3 cm³/mol. The molecule has 2 aromatic carbocycles. The maximum atomic E-state index is 12.4. The average Bonchev–Trinajstić information content (AvgIpc) is 2.71. The molecule has 0 bridgehead atoms. The van der Waals surface area contributed by atoms with Crippen molar-refractivity contribution in [1.29, 1.82) is 0 Å². The second-order valence-corrected chi connectivity index (χ2v) is 5.84. The number of hydrogen-bond acceptors (Lipinski definition) is 6. The molecule has 28 heavy (non-hydrogen) atoms. The Balaban J connectivity index is 1.62. The molecule has 0 spiro atoms. The van der Waals surface area contributed by atoms with Crippen LogP contribution in [-0.2, 0) is 14.3 Å². The number of fused-ring (bicyclic) bond motifs is 1. The summed E-state index contributed by atoms with van der Waals surface area (Å²) in [5.41, 5.74) is 1.69. The van der Waals surface area contributed by atoms with Gasteiger partial charge in [-0.25, -0.2) is 0 Å². The minimum Gasteiger partial charge on any atom is -0.482 e. The predicted octanol–water partition coefficient (Wildman–Crippen LogP) is 1.17. The van der Waals surface area contributed by atoms with Crippen molar-refractivity contribution >= 4 is 35.1 Å². The lowest BCUT2D eigenvalue weighted by Crippen LogP contribution is -2.30. The normalized spacial score (nSPS) is 12.1. The Kier molecular flexibility index (Phi) is 5.54. The summed E-state index contributed by atoms with van der Waals surface area (Å²) in [5, 5.41) is 7.79. The van der Waals surface area contributed by atoms with Crippen molar-refractivity contribution in [2.24, 2.45) is 0 Å². The molecule has 1 aliphatic rings. The lowest BCUT2D eigenvalue weighted by molar-refractivity contribution is -0.139. The molecule has 144 valence electrons. The van der Waals surface area contributed by atoms with Crippen LogP contribution in [0.25, 0.3) is 0 Å². The van der Waals surface area contributed by atoms with E-state index in [2.05, 4.69) is 20.7 Å². The monoisotopic (exact) mass is 383 g/mol. The Hall–Kier alpha value is -3.88. The molecule has 3 rings (SSSR count). The second kappa shape index (κ2) is 8.21. The largest absolute Gasteiger partial charge is 0.482 e. The van der Waals surface area contributed by atoms with Crippen LogP contribution < -0.4 is 20.7 Å². The number of methoxy groups -OCH3 is 1. The van der Waals surface area contributed by atoms with Crippen LogP contribution in [0, 0.1) is 0 Å². The third-order valence-corrected chi connectivity index (χ3v) is 3.90. The van der Waals surface area contributed by atoms with Gasteiger partial charge in [0.05, 0.1) is 12.8 Å². The summed E-state index contributed by atoms with van der Waals surface area (Å²) in [7, 11) is 1.23. The van der Waals surface area contributed by atoms with E-state index in [1.54, 1.807) is 30.3 Å². The van der Waals surface area contributed by atoms with E-state index in [0.717, 1.165) is 0 Å². The van der Waals surface area contributed by atoms with E-state index in [1.165, 1.54) is 19.2 Å². The van der Waals surface area contributed by atoms with Gasteiger partial charge in [0, 0.05) is 16.8 Å². The third-order valence-electron chi connectivity index (χ3n) is 3.90. The number of amides is 3. The minimum atomic E-state index is -0.550. The van der Waals surface area contributed by atoms with Crippen molar-refractivity contribution < 1.29 is 28.7 Å². The first-order valence-corrected chi connectivity index (χ1v) is 8.29. The first-order chi connectivity index (χ1) is 13.5. The van der Waals surface area contributed by atoms with Crippen LogP contribution >= 0.6 is 0 Å². The van der Waals surface area contributed by atoms with Gasteiger partial charge in [-0.2, -0.15) is 0 Å². The highest BCUT2D eigenvalue weighted by Crippen LogP contribution is 2.28. The van der Waals surface area contributed by atoms with Crippen molar-refractivity contribution in [3.8, 4) is 5.75 Å². The standard InChI is InChI=1S/C19H17N3O6/c1-27-17(24)9-20-18(25)11-2-5-13(6-3-11)21-19(26)12-4-7-14-15(8-12)28-10-16(23)22-14/h2-8H,9-10H2,1H3,(H,20,25)(H,21,26)(H,22,23). The number of ether oxygens (including phenoxy) is 2. The highest BCUT2D eigenvalue weighted by molar-refractivity contribution is 6.06. The van der Waals surface area contributed by atoms with Crippen LogP contribution in [0.1, 0.15) is 20.7 Å². The minimum absolute atomic E-state index is 0.0996. The van der Waals surface area contributed by atoms with E-state index < -0.39 is 11.9 Å². The molecule has 0 fully saturated rings. The maximum absolute atomic E-state index is 12.4. The summed E-state index contributed by atoms with van der Waals surface area (Å²) < 4.78 is 9.75. The fourth-order valence-corrected chi connectivity index (χ4v) is 2.45. The summed E-state index contributed by atoms with van der Waals surface area (Å²) in [6.07, 6.45) is 0. The molecule has 9 heteroatoms. The van der Waals surface area contributed by atoms with Gasteiger partial charge in [0.2, 0.25) is 0 Å². The Morgan fingerprint density at radius 1 is 1.07 bits per heavy atom. The number of anilines is 2. The summed E-state index contributed by atoms with van der Waals surface area (Å²) in [4.78, 5) is 46.7. The van der Waals surface area contributed by atoms with E-state index in [1.807, 2.05) is 0 Å². The van der Waals surface area contributed by atoms with E-state index >= 15 is 0 Å². The molecule has 0 saturated carbocycles. The quantitative estimate of drug-likeness (QED) is 0.666. The summed E-state index contributed by atoms with van der Waals surface area (Å²) in [6.45, 7) is -0.327. The highest BCUT2D eigenvalue weighted by Gasteiger charge is 2.18. The molecule has 0 radical (unpaired) electrons. The zero-order valence-electron chi connectivity index (χ0n) is 14.9. The van der Waals surface area contributed by atoms with Crippen LogP contribution in [0.3, 0.4) is 0 Å². The van der Waals surface area contributed by atoms with E-state index in [0.29, 0.717) is 28.3 Å². The van der Waals surface area contributed by atoms with Crippen LogP contribution in [0.2, 0.25) is 0 Å². The molecular formula is C19H17N3O6. The Labute approximate surface area is 160 Å². The topological polar surface area (TPSA) is 123 Å². The van der Waals surface area contributed by atoms with Gasteiger partial charge in [0.1, 0.15) is 12.3 Å². The van der Waals surface area contributed by atoms with Gasteiger partial charge in [0.15, 0.2) is 6.61 Å². The molecule has 1 aliphatic heterocycles. The molecule has 9 nitrogen and oxygen atoms in total. The Bertz CT molecular complexity index is 939. The van der Waals surface area contributed by atoms with E-state index in [9.17, 15) is 19.2 Å². The molecule has 0 aliphatic carbocycles. The first kappa shape index (κ1) is 18.9. The van der Waals surface area contributed by atoms with Gasteiger partial charge < -0.3 is 25.4 Å². The van der Waals surface area contributed by atoms with Crippen molar-refractivity contribution in [1.82, 2.24) is 5.32 Å². The fraction of sp³-hybridized carbons (Fsp3) is 0.158. The van der Waals surface area contributed by atoms with Crippen LogP contribution in [0.4, 0.5) is 11.4 Å². The molecule has 2 aromatic rings. The smallest absolute Gasteiger partial charge is 0.325 e. The summed E-state index contributed by atoms with van der Waals surface area (Å²) in [6, 6.07) is 10.9. The highest BCUT2D eigenvalue weighted by atomic mass is 16.5. The van der Waals surface area contributed by atoms with E-state index in [4.69, 9.17) is 4.74 Å². The van der Waals surface area contributed by atoms with Gasteiger partial charge in [-0.3, -0.25) is 19.2 Å². The zero-order valence-corrected chi connectivity index (χ0v) is 14.9. The molecule has 0 unspecified atom stereocenters. The number of rotatable bonds is 5. The van der Waals surface area contributed by atoms with Crippen molar-refractivity contribution in [3.05, 3.63) is 53.6 Å². The van der Waals surface area contributed by atoms with Crippen LogP contribution in [-0.4, -0.2) is 44.0 Å². The second-order valence-electron chi connectivity index (χ2n) is 5.84. The molecule has 3 amide bonds. The number of carbonyl (C=O) groups excluding carboxylic acids is 4. The molecule has 0 aromatic heterocycles.